The molecule has 1 amide bonds. The van der Waals surface area contributed by atoms with Crippen LogP contribution >= 0.6 is 0 Å². The highest BCUT2D eigenvalue weighted by Crippen LogP contribution is 2.20. The van der Waals surface area contributed by atoms with Crippen molar-refractivity contribution in [2.45, 2.75) is 25.7 Å². The van der Waals surface area contributed by atoms with Gasteiger partial charge in [-0.3, -0.25) is 14.8 Å². The number of halogens is 1. The van der Waals surface area contributed by atoms with E-state index in [0.29, 0.717) is 36.5 Å². The van der Waals surface area contributed by atoms with Gasteiger partial charge in [0.05, 0.1) is 11.4 Å². The molecule has 3 aromatic rings. The molecular formula is C20H19FN6O. The summed E-state index contributed by atoms with van der Waals surface area (Å²) in [7, 11) is 0. The van der Waals surface area contributed by atoms with Crippen LogP contribution in [0.4, 0.5) is 4.39 Å². The fraction of sp³-hybridized carbons (Fsp3) is 0.200. The van der Waals surface area contributed by atoms with Crippen molar-refractivity contribution in [1.82, 2.24) is 19.9 Å². The van der Waals surface area contributed by atoms with Gasteiger partial charge in [0.25, 0.3) is 0 Å². The van der Waals surface area contributed by atoms with Crippen molar-refractivity contribution in [2.24, 2.45) is 10.7 Å². The molecule has 3 rings (SSSR count). The molecule has 0 saturated carbocycles. The summed E-state index contributed by atoms with van der Waals surface area (Å²) in [5.41, 5.74) is 8.64. The molecule has 0 saturated heterocycles. The molecule has 1 aromatic carbocycles. The Morgan fingerprint density at radius 3 is 2.68 bits per heavy atom. The van der Waals surface area contributed by atoms with Gasteiger partial charge < -0.3 is 5.73 Å². The van der Waals surface area contributed by atoms with E-state index in [0.717, 1.165) is 11.3 Å². The number of nitrogens with zero attached hydrogens (tertiary/aromatic N) is 5. The summed E-state index contributed by atoms with van der Waals surface area (Å²) in [4.78, 5) is 31.6. The van der Waals surface area contributed by atoms with Gasteiger partial charge in [-0.15, -0.1) is 0 Å². The van der Waals surface area contributed by atoms with Crippen molar-refractivity contribution in [3.63, 3.8) is 0 Å². The zero-order valence-electron chi connectivity index (χ0n) is 15.3. The molecule has 2 N–H and O–H groups in total. The number of rotatable bonds is 7. The smallest absolute Gasteiger partial charge is 0.234 e. The third kappa shape index (κ3) is 5.00. The van der Waals surface area contributed by atoms with Crippen molar-refractivity contribution in [3.05, 3.63) is 83.2 Å². The number of benzene rings is 1. The molecule has 0 aliphatic carbocycles. The van der Waals surface area contributed by atoms with Gasteiger partial charge in [0.15, 0.2) is 5.84 Å². The number of carbonyl (C=O) groups excluding carboxylic acids is 1. The second-order valence-electron chi connectivity index (χ2n) is 6.31. The highest BCUT2D eigenvalue weighted by atomic mass is 19.1. The van der Waals surface area contributed by atoms with Gasteiger partial charge in [0, 0.05) is 31.4 Å². The Labute approximate surface area is 161 Å². The van der Waals surface area contributed by atoms with Gasteiger partial charge in [-0.25, -0.2) is 14.4 Å². The monoisotopic (exact) mass is 378 g/mol. The van der Waals surface area contributed by atoms with E-state index >= 15 is 0 Å². The molecule has 28 heavy (non-hydrogen) atoms. The second kappa shape index (κ2) is 8.90. The Kier molecular flexibility index (Phi) is 6.11. The van der Waals surface area contributed by atoms with Crippen molar-refractivity contribution < 1.29 is 9.18 Å². The quantitative estimate of drug-likeness (QED) is 0.384. The van der Waals surface area contributed by atoms with Gasteiger partial charge in [0.2, 0.25) is 6.41 Å². The van der Waals surface area contributed by atoms with Gasteiger partial charge in [-0.1, -0.05) is 19.1 Å². The summed E-state index contributed by atoms with van der Waals surface area (Å²) in [6.45, 7) is 2.01. The minimum atomic E-state index is -0.279. The Morgan fingerprint density at radius 1 is 1.21 bits per heavy atom. The molecule has 0 bridgehead atoms. The number of hydrogen-bond donors (Lipinski definition) is 1. The van der Waals surface area contributed by atoms with Gasteiger partial charge in [0.1, 0.15) is 17.3 Å². The lowest BCUT2D eigenvalue weighted by Gasteiger charge is -2.13. The first kappa shape index (κ1) is 19.2. The standard InChI is InChI=1S/C20H19FN6O/c1-13(14-2-4-15(21)5-3-14)8-19-26-16(9-17-11-23-6-7-24-17)10-18(27-19)20(22)25-12-28/h2-7,10-13H,8-9H2,1H3,(H2,22,25,28)/t13-/m1/s1. The summed E-state index contributed by atoms with van der Waals surface area (Å²) in [6.07, 6.45) is 6.19. The van der Waals surface area contributed by atoms with E-state index in [4.69, 9.17) is 5.73 Å². The molecule has 2 aromatic heterocycles. The van der Waals surface area contributed by atoms with Crippen LogP contribution in [0.1, 0.15) is 41.3 Å². The van der Waals surface area contributed by atoms with Crippen LogP contribution in [0.2, 0.25) is 0 Å². The van der Waals surface area contributed by atoms with Crippen LogP contribution in [0.25, 0.3) is 0 Å². The number of hydrogen-bond acceptors (Lipinski definition) is 5. The molecule has 0 spiro atoms. The minimum Gasteiger partial charge on any atom is -0.382 e. The van der Waals surface area contributed by atoms with Gasteiger partial charge >= 0.3 is 0 Å². The molecular weight excluding hydrogens is 359 g/mol. The molecule has 7 nitrogen and oxygen atoms in total. The number of amides is 1. The van der Waals surface area contributed by atoms with Crippen LogP contribution in [0.5, 0.6) is 0 Å². The summed E-state index contributed by atoms with van der Waals surface area (Å²) in [6, 6.07) is 8.02. The van der Waals surface area contributed by atoms with Crippen LogP contribution in [-0.4, -0.2) is 32.2 Å². The van der Waals surface area contributed by atoms with Gasteiger partial charge in [-0.2, -0.15) is 4.99 Å². The molecule has 8 heteroatoms. The third-order valence-corrected chi connectivity index (χ3v) is 4.19. The zero-order chi connectivity index (χ0) is 19.9. The Balaban J connectivity index is 1.91. The summed E-state index contributed by atoms with van der Waals surface area (Å²) < 4.78 is 13.2. The lowest BCUT2D eigenvalue weighted by Crippen LogP contribution is -2.18. The average molecular weight is 378 g/mol. The number of aromatic nitrogens is 4. The fourth-order valence-electron chi connectivity index (χ4n) is 2.78. The first-order valence-electron chi connectivity index (χ1n) is 8.69. The fourth-order valence-corrected chi connectivity index (χ4v) is 2.78. The van der Waals surface area contributed by atoms with E-state index in [9.17, 15) is 9.18 Å². The normalized spacial score (nSPS) is 12.6. The Morgan fingerprint density at radius 2 is 2.00 bits per heavy atom. The lowest BCUT2D eigenvalue weighted by atomic mass is 9.97. The summed E-state index contributed by atoms with van der Waals surface area (Å²) in [5, 5.41) is 0. The molecule has 0 radical (unpaired) electrons. The molecule has 0 aliphatic rings. The maximum atomic E-state index is 13.2. The average Bonchev–Trinajstić information content (AvgIpc) is 2.69. The maximum Gasteiger partial charge on any atom is 0.234 e. The van der Waals surface area contributed by atoms with E-state index in [1.54, 1.807) is 36.8 Å². The highest BCUT2D eigenvalue weighted by Gasteiger charge is 2.13. The molecule has 0 aliphatic heterocycles. The van der Waals surface area contributed by atoms with Crippen LogP contribution in [-0.2, 0) is 17.6 Å². The minimum absolute atomic E-state index is 0.0217. The lowest BCUT2D eigenvalue weighted by molar-refractivity contribution is -0.106. The van der Waals surface area contributed by atoms with Gasteiger partial charge in [-0.05, 0) is 29.7 Å². The maximum absolute atomic E-state index is 13.2. The van der Waals surface area contributed by atoms with Crippen LogP contribution in [0, 0.1) is 5.82 Å². The Bertz CT molecular complexity index is 976. The summed E-state index contributed by atoms with van der Waals surface area (Å²) >= 11 is 0. The number of amidine groups is 1. The molecule has 0 unspecified atom stereocenters. The molecule has 2 heterocycles. The third-order valence-electron chi connectivity index (χ3n) is 4.19. The predicted molar refractivity (Wildman–Crippen MR) is 102 cm³/mol. The Hall–Kier alpha value is -3.55. The molecule has 0 fully saturated rings. The van der Waals surface area contributed by atoms with E-state index in [1.165, 1.54) is 12.1 Å². The SMILES string of the molecule is C[C@H](Cc1nc(Cc2cnccn2)cc(C(N)=NC=O)n1)c1ccc(F)cc1. The van der Waals surface area contributed by atoms with Crippen molar-refractivity contribution in [3.8, 4) is 0 Å². The first-order valence-corrected chi connectivity index (χ1v) is 8.69. The largest absolute Gasteiger partial charge is 0.382 e. The van der Waals surface area contributed by atoms with E-state index < -0.39 is 0 Å². The van der Waals surface area contributed by atoms with Crippen molar-refractivity contribution in [2.75, 3.05) is 0 Å². The topological polar surface area (TPSA) is 107 Å². The van der Waals surface area contributed by atoms with Crippen molar-refractivity contribution >= 4 is 12.2 Å². The van der Waals surface area contributed by atoms with E-state index in [1.807, 2.05) is 6.92 Å². The molecule has 1 atom stereocenters. The number of nitrogens with two attached hydrogens (primary N) is 1. The van der Waals surface area contributed by atoms with Crippen LogP contribution in [0.3, 0.4) is 0 Å². The van der Waals surface area contributed by atoms with E-state index in [2.05, 4.69) is 24.9 Å². The molecule has 142 valence electrons. The second-order valence-corrected chi connectivity index (χ2v) is 6.31. The van der Waals surface area contributed by atoms with E-state index in [-0.39, 0.29) is 17.6 Å². The highest BCUT2D eigenvalue weighted by molar-refractivity contribution is 5.99. The first-order chi connectivity index (χ1) is 13.5. The zero-order valence-corrected chi connectivity index (χ0v) is 15.3. The predicted octanol–water partition coefficient (Wildman–Crippen LogP) is 2.20. The summed E-state index contributed by atoms with van der Waals surface area (Å²) in [5.74, 6) is 0.355. The van der Waals surface area contributed by atoms with Crippen LogP contribution < -0.4 is 5.73 Å². The number of aliphatic imine (C=N–C) groups is 1. The van der Waals surface area contributed by atoms with Crippen LogP contribution in [0.15, 0.2) is 53.9 Å². The number of carbonyl (C=O) groups is 1. The van der Waals surface area contributed by atoms with Crippen molar-refractivity contribution in [1.29, 1.82) is 0 Å².